The van der Waals surface area contributed by atoms with E-state index in [1.165, 1.54) is 18.2 Å². The number of anilines is 1. The van der Waals surface area contributed by atoms with Gasteiger partial charge in [0.25, 0.3) is 0 Å². The van der Waals surface area contributed by atoms with E-state index in [1.54, 1.807) is 36.3 Å². The summed E-state index contributed by atoms with van der Waals surface area (Å²) in [6, 6.07) is 13.7. The van der Waals surface area contributed by atoms with Gasteiger partial charge in [0.2, 0.25) is 5.91 Å². The highest BCUT2D eigenvalue weighted by Gasteiger charge is 2.03. The predicted octanol–water partition coefficient (Wildman–Crippen LogP) is 3.73. The average Bonchev–Trinajstić information content (AvgIpc) is 3.07. The van der Waals surface area contributed by atoms with Crippen molar-refractivity contribution in [2.75, 3.05) is 12.4 Å². The summed E-state index contributed by atoms with van der Waals surface area (Å²) in [5.74, 6) is 0.218. The first-order chi connectivity index (χ1) is 12.6. The first-order valence-electron chi connectivity index (χ1n) is 8.02. The molecular weight excluding hydrogens is 333 g/mol. The van der Waals surface area contributed by atoms with E-state index in [1.807, 2.05) is 30.3 Å². The standard InChI is InChI=1S/C20H18FN3O2/c1-26-19-8-5-15(6-9-19)7-10-20(25)23-18-12-22-24(14-18)13-16-3-2-4-17(21)11-16/h2-12,14H,13H2,1H3,(H,23,25)/b10-7+. The van der Waals surface area contributed by atoms with Gasteiger partial charge in [-0.25, -0.2) is 4.39 Å². The van der Waals surface area contributed by atoms with Crippen LogP contribution in [0.5, 0.6) is 5.75 Å². The molecule has 0 fully saturated rings. The van der Waals surface area contributed by atoms with E-state index in [9.17, 15) is 9.18 Å². The number of methoxy groups -OCH3 is 1. The Bertz CT molecular complexity index is 917. The number of amides is 1. The Morgan fingerprint density at radius 1 is 1.27 bits per heavy atom. The Balaban J connectivity index is 1.57. The van der Waals surface area contributed by atoms with Crippen LogP contribution < -0.4 is 10.1 Å². The second-order valence-corrected chi connectivity index (χ2v) is 5.65. The Labute approximate surface area is 150 Å². The third kappa shape index (κ3) is 4.80. The largest absolute Gasteiger partial charge is 0.497 e. The summed E-state index contributed by atoms with van der Waals surface area (Å²) in [7, 11) is 1.60. The van der Waals surface area contributed by atoms with Crippen LogP contribution >= 0.6 is 0 Å². The van der Waals surface area contributed by atoms with Gasteiger partial charge >= 0.3 is 0 Å². The molecule has 3 aromatic rings. The second kappa shape index (κ2) is 8.11. The van der Waals surface area contributed by atoms with Gasteiger partial charge < -0.3 is 10.1 Å². The van der Waals surface area contributed by atoms with Crippen LogP contribution in [0, 0.1) is 5.82 Å². The first kappa shape index (κ1) is 17.4. The molecule has 1 heterocycles. The highest BCUT2D eigenvalue weighted by atomic mass is 19.1. The van der Waals surface area contributed by atoms with Crippen LogP contribution in [0.15, 0.2) is 67.0 Å². The zero-order valence-corrected chi connectivity index (χ0v) is 14.2. The average molecular weight is 351 g/mol. The van der Waals surface area contributed by atoms with Crippen molar-refractivity contribution in [1.82, 2.24) is 9.78 Å². The molecule has 0 aliphatic rings. The lowest BCUT2D eigenvalue weighted by Gasteiger charge is -2.02. The number of nitrogens with one attached hydrogen (secondary N) is 1. The maximum Gasteiger partial charge on any atom is 0.248 e. The maximum absolute atomic E-state index is 13.2. The van der Waals surface area contributed by atoms with Crippen molar-refractivity contribution in [3.63, 3.8) is 0 Å². The topological polar surface area (TPSA) is 56.1 Å². The van der Waals surface area contributed by atoms with E-state index >= 15 is 0 Å². The van der Waals surface area contributed by atoms with Crippen LogP contribution in [0.2, 0.25) is 0 Å². The minimum Gasteiger partial charge on any atom is -0.497 e. The van der Waals surface area contributed by atoms with Crippen molar-refractivity contribution < 1.29 is 13.9 Å². The summed E-state index contributed by atoms with van der Waals surface area (Å²) in [5, 5.41) is 6.92. The van der Waals surface area contributed by atoms with Crippen LogP contribution in [-0.2, 0) is 11.3 Å². The monoisotopic (exact) mass is 351 g/mol. The molecule has 0 saturated carbocycles. The molecule has 5 nitrogen and oxygen atoms in total. The van der Waals surface area contributed by atoms with E-state index in [0.29, 0.717) is 12.2 Å². The van der Waals surface area contributed by atoms with E-state index in [0.717, 1.165) is 16.9 Å². The summed E-state index contributed by atoms with van der Waals surface area (Å²) in [6.07, 6.45) is 6.42. The molecule has 0 unspecified atom stereocenters. The van der Waals surface area contributed by atoms with Gasteiger partial charge in [-0.1, -0.05) is 24.3 Å². The van der Waals surface area contributed by atoms with Gasteiger partial charge in [-0.05, 0) is 41.5 Å². The number of nitrogens with zero attached hydrogens (tertiary/aromatic N) is 2. The van der Waals surface area contributed by atoms with Gasteiger partial charge in [0.15, 0.2) is 0 Å². The molecule has 6 heteroatoms. The molecule has 1 amide bonds. The van der Waals surface area contributed by atoms with E-state index in [4.69, 9.17) is 4.74 Å². The van der Waals surface area contributed by atoms with Gasteiger partial charge in [-0.2, -0.15) is 5.10 Å². The van der Waals surface area contributed by atoms with E-state index < -0.39 is 0 Å². The third-order valence-electron chi connectivity index (χ3n) is 3.68. The molecule has 0 radical (unpaired) electrons. The van der Waals surface area contributed by atoms with Crippen LogP contribution in [0.1, 0.15) is 11.1 Å². The van der Waals surface area contributed by atoms with Crippen molar-refractivity contribution in [3.05, 3.63) is 83.9 Å². The predicted molar refractivity (Wildman–Crippen MR) is 98.4 cm³/mol. The highest BCUT2D eigenvalue weighted by Crippen LogP contribution is 2.13. The zero-order valence-electron chi connectivity index (χ0n) is 14.2. The number of ether oxygens (including phenoxy) is 1. The van der Waals surface area contributed by atoms with Gasteiger partial charge in [0.1, 0.15) is 11.6 Å². The van der Waals surface area contributed by atoms with Gasteiger partial charge in [-0.15, -0.1) is 0 Å². The summed E-state index contributed by atoms with van der Waals surface area (Å²) >= 11 is 0. The summed E-state index contributed by atoms with van der Waals surface area (Å²) < 4.78 is 19.9. The fourth-order valence-corrected chi connectivity index (χ4v) is 2.41. The highest BCUT2D eigenvalue weighted by molar-refractivity contribution is 6.01. The van der Waals surface area contributed by atoms with Crippen molar-refractivity contribution in [2.45, 2.75) is 6.54 Å². The Hall–Kier alpha value is -3.41. The lowest BCUT2D eigenvalue weighted by Crippen LogP contribution is -2.07. The van der Waals surface area contributed by atoms with Crippen LogP contribution in [-0.4, -0.2) is 22.8 Å². The first-order valence-corrected chi connectivity index (χ1v) is 8.02. The van der Waals surface area contributed by atoms with Crippen molar-refractivity contribution in [3.8, 4) is 5.75 Å². The number of hydrogen-bond acceptors (Lipinski definition) is 3. The second-order valence-electron chi connectivity index (χ2n) is 5.65. The lowest BCUT2D eigenvalue weighted by atomic mass is 10.2. The fourth-order valence-electron chi connectivity index (χ4n) is 2.41. The van der Waals surface area contributed by atoms with Gasteiger partial charge in [0.05, 0.1) is 25.5 Å². The number of rotatable bonds is 6. The zero-order chi connectivity index (χ0) is 18.4. The van der Waals surface area contributed by atoms with Crippen LogP contribution in [0.25, 0.3) is 6.08 Å². The molecule has 0 bridgehead atoms. The molecule has 0 saturated heterocycles. The molecule has 2 aromatic carbocycles. The van der Waals surface area contributed by atoms with Crippen molar-refractivity contribution in [1.29, 1.82) is 0 Å². The Morgan fingerprint density at radius 2 is 2.08 bits per heavy atom. The number of benzene rings is 2. The fraction of sp³-hybridized carbons (Fsp3) is 0.100. The molecule has 132 valence electrons. The number of carbonyl (C=O) groups is 1. The number of halogens is 1. The van der Waals surface area contributed by atoms with Crippen molar-refractivity contribution in [2.24, 2.45) is 0 Å². The molecule has 0 aliphatic carbocycles. The number of hydrogen-bond donors (Lipinski definition) is 1. The quantitative estimate of drug-likeness (QED) is 0.689. The Morgan fingerprint density at radius 3 is 2.81 bits per heavy atom. The van der Waals surface area contributed by atoms with Gasteiger partial charge in [0, 0.05) is 12.3 Å². The van der Waals surface area contributed by atoms with E-state index in [-0.39, 0.29) is 11.7 Å². The Kier molecular flexibility index (Phi) is 5.43. The van der Waals surface area contributed by atoms with Crippen LogP contribution in [0.4, 0.5) is 10.1 Å². The molecule has 0 atom stereocenters. The van der Waals surface area contributed by atoms with Gasteiger partial charge in [-0.3, -0.25) is 9.48 Å². The molecule has 26 heavy (non-hydrogen) atoms. The summed E-state index contributed by atoms with van der Waals surface area (Å²) in [5.41, 5.74) is 2.26. The molecule has 0 spiro atoms. The molecule has 1 aromatic heterocycles. The minimum atomic E-state index is -0.285. The lowest BCUT2D eigenvalue weighted by molar-refractivity contribution is -0.111. The van der Waals surface area contributed by atoms with Crippen LogP contribution in [0.3, 0.4) is 0 Å². The maximum atomic E-state index is 13.2. The number of aromatic nitrogens is 2. The summed E-state index contributed by atoms with van der Waals surface area (Å²) in [4.78, 5) is 12.0. The molecule has 0 aliphatic heterocycles. The minimum absolute atomic E-state index is 0.258. The third-order valence-corrected chi connectivity index (χ3v) is 3.68. The van der Waals surface area contributed by atoms with E-state index in [2.05, 4.69) is 10.4 Å². The molecular formula is C20H18FN3O2. The SMILES string of the molecule is COc1ccc(/C=C/C(=O)Nc2cnn(Cc3cccc(F)c3)c2)cc1. The van der Waals surface area contributed by atoms with Crippen molar-refractivity contribution >= 4 is 17.7 Å². The summed E-state index contributed by atoms with van der Waals surface area (Å²) in [6.45, 7) is 0.426. The normalized spacial score (nSPS) is 10.8. The smallest absolute Gasteiger partial charge is 0.248 e. The molecule has 1 N–H and O–H groups in total. The number of carbonyl (C=O) groups excluding carboxylic acids is 1. The molecule has 3 rings (SSSR count).